The molecule has 8 heteroatoms. The molecule has 0 atom stereocenters. The minimum Gasteiger partial charge on any atom is -0.324 e. The molecule has 1 amide bonds. The minimum absolute atomic E-state index is 0.0625. The molecule has 1 aromatic carbocycles. The number of aromatic nitrogens is 1. The van der Waals surface area contributed by atoms with Crippen molar-refractivity contribution in [2.24, 2.45) is 0 Å². The highest BCUT2D eigenvalue weighted by molar-refractivity contribution is 6.00. The third-order valence-corrected chi connectivity index (χ3v) is 3.53. The lowest BCUT2D eigenvalue weighted by atomic mass is 10.1. The molecule has 136 valence electrons. The maximum atomic E-state index is 13.0. The number of pyridine rings is 1. The van der Waals surface area contributed by atoms with E-state index in [0.29, 0.717) is 23.1 Å². The van der Waals surface area contributed by atoms with Gasteiger partial charge in [0.2, 0.25) is 5.91 Å². The molecule has 0 unspecified atom stereocenters. The van der Waals surface area contributed by atoms with Crippen LogP contribution < -0.4 is 10.6 Å². The Kier molecular flexibility index (Phi) is 5.97. The van der Waals surface area contributed by atoms with Crippen LogP contribution in [-0.2, 0) is 17.5 Å². The second-order valence-electron chi connectivity index (χ2n) is 6.06. The fraction of sp³-hybridized carbons (Fsp3) is 0.412. The zero-order valence-electron chi connectivity index (χ0n) is 14.4. The average Bonchev–Trinajstić information content (AvgIpc) is 2.50. The number of rotatable bonds is 6. The first-order valence-electron chi connectivity index (χ1n) is 7.80. The minimum atomic E-state index is -4.49. The van der Waals surface area contributed by atoms with Crippen molar-refractivity contribution in [3.63, 3.8) is 0 Å². The van der Waals surface area contributed by atoms with Crippen LogP contribution in [0.3, 0.4) is 0 Å². The van der Waals surface area contributed by atoms with Gasteiger partial charge in [0.1, 0.15) is 0 Å². The Morgan fingerprint density at radius 3 is 2.56 bits per heavy atom. The van der Waals surface area contributed by atoms with Crippen LogP contribution in [0.15, 0.2) is 24.3 Å². The Morgan fingerprint density at radius 2 is 1.96 bits per heavy atom. The molecule has 0 saturated heterocycles. The molecule has 2 N–H and O–H groups in total. The van der Waals surface area contributed by atoms with Crippen LogP contribution in [0.4, 0.5) is 18.9 Å². The molecule has 1 heterocycles. The van der Waals surface area contributed by atoms with E-state index in [1.54, 1.807) is 12.1 Å². The lowest BCUT2D eigenvalue weighted by molar-refractivity contribution is -0.137. The van der Waals surface area contributed by atoms with Gasteiger partial charge in [0.15, 0.2) is 0 Å². The largest absolute Gasteiger partial charge is 0.416 e. The summed E-state index contributed by atoms with van der Waals surface area (Å²) in [6, 6.07) is 5.23. The van der Waals surface area contributed by atoms with Gasteiger partial charge in [-0.05, 0) is 32.3 Å². The zero-order valence-corrected chi connectivity index (χ0v) is 14.4. The highest BCUT2D eigenvalue weighted by atomic mass is 19.4. The van der Waals surface area contributed by atoms with Crippen LogP contribution >= 0.6 is 0 Å². The van der Waals surface area contributed by atoms with Gasteiger partial charge in [-0.2, -0.15) is 13.2 Å². The molecule has 0 bridgehead atoms. The predicted octanol–water partition coefficient (Wildman–Crippen LogP) is 2.86. The van der Waals surface area contributed by atoms with Gasteiger partial charge < -0.3 is 15.5 Å². The maximum absolute atomic E-state index is 13.0. The van der Waals surface area contributed by atoms with E-state index in [2.05, 4.69) is 15.6 Å². The number of fused-ring (bicyclic) bond motifs is 1. The molecule has 5 nitrogen and oxygen atoms in total. The van der Waals surface area contributed by atoms with Crippen LogP contribution in [0.2, 0.25) is 0 Å². The van der Waals surface area contributed by atoms with Crippen molar-refractivity contribution in [2.45, 2.75) is 19.6 Å². The SMILES string of the molecule is CC(=O)Nc1cc(C(F)(F)F)cc2ccc(CNCCN(C)C)nc12. The molecule has 0 aliphatic heterocycles. The summed E-state index contributed by atoms with van der Waals surface area (Å²) in [5.41, 5.74) is 0.280. The molecule has 0 aliphatic rings. The van der Waals surface area contributed by atoms with Crippen molar-refractivity contribution in [1.29, 1.82) is 0 Å². The summed E-state index contributed by atoms with van der Waals surface area (Å²) in [5.74, 6) is -0.447. The van der Waals surface area contributed by atoms with Gasteiger partial charge in [0, 0.05) is 31.9 Å². The fourth-order valence-electron chi connectivity index (χ4n) is 2.34. The van der Waals surface area contributed by atoms with Gasteiger partial charge in [-0.3, -0.25) is 4.79 Å². The molecule has 0 radical (unpaired) electrons. The summed E-state index contributed by atoms with van der Waals surface area (Å²) in [5, 5.41) is 5.99. The number of benzene rings is 1. The van der Waals surface area contributed by atoms with E-state index in [-0.39, 0.29) is 5.69 Å². The molecule has 0 aliphatic carbocycles. The summed E-state index contributed by atoms with van der Waals surface area (Å²) in [4.78, 5) is 17.8. The average molecular weight is 354 g/mol. The number of carbonyl (C=O) groups is 1. The first-order chi connectivity index (χ1) is 11.7. The Labute approximate surface area is 144 Å². The second kappa shape index (κ2) is 7.79. The molecular formula is C17H21F3N4O. The zero-order chi connectivity index (χ0) is 18.6. The van der Waals surface area contributed by atoms with Crippen molar-refractivity contribution in [2.75, 3.05) is 32.5 Å². The van der Waals surface area contributed by atoms with E-state index < -0.39 is 17.6 Å². The van der Waals surface area contributed by atoms with Crippen LogP contribution in [0.5, 0.6) is 0 Å². The highest BCUT2D eigenvalue weighted by Gasteiger charge is 2.31. The number of amides is 1. The number of hydrogen-bond acceptors (Lipinski definition) is 4. The summed E-state index contributed by atoms with van der Waals surface area (Å²) < 4.78 is 39.1. The van der Waals surface area contributed by atoms with Crippen molar-refractivity contribution >= 4 is 22.5 Å². The van der Waals surface area contributed by atoms with E-state index in [9.17, 15) is 18.0 Å². The van der Waals surface area contributed by atoms with Crippen molar-refractivity contribution in [3.05, 3.63) is 35.5 Å². The van der Waals surface area contributed by atoms with Crippen LogP contribution in [-0.4, -0.2) is 43.0 Å². The number of carbonyl (C=O) groups excluding carboxylic acids is 1. The number of nitrogens with zero attached hydrogens (tertiary/aromatic N) is 2. The van der Waals surface area contributed by atoms with E-state index in [1.165, 1.54) is 6.92 Å². The van der Waals surface area contributed by atoms with E-state index in [1.807, 2.05) is 19.0 Å². The predicted molar refractivity (Wildman–Crippen MR) is 91.3 cm³/mol. The molecule has 2 rings (SSSR count). The highest BCUT2D eigenvalue weighted by Crippen LogP contribution is 2.34. The van der Waals surface area contributed by atoms with Gasteiger partial charge in [-0.15, -0.1) is 0 Å². The smallest absolute Gasteiger partial charge is 0.324 e. The topological polar surface area (TPSA) is 57.3 Å². The van der Waals surface area contributed by atoms with Crippen molar-refractivity contribution < 1.29 is 18.0 Å². The first kappa shape index (κ1) is 19.1. The lowest BCUT2D eigenvalue weighted by Crippen LogP contribution is -2.26. The van der Waals surface area contributed by atoms with Gasteiger partial charge in [-0.1, -0.05) is 6.07 Å². The Bertz CT molecular complexity index is 759. The molecule has 2 aromatic rings. The van der Waals surface area contributed by atoms with Gasteiger partial charge in [-0.25, -0.2) is 4.98 Å². The number of nitrogens with one attached hydrogen (secondary N) is 2. The summed E-state index contributed by atoms with van der Waals surface area (Å²) in [7, 11) is 3.93. The normalized spacial score (nSPS) is 12.0. The van der Waals surface area contributed by atoms with Gasteiger partial charge >= 0.3 is 6.18 Å². The van der Waals surface area contributed by atoms with Crippen LogP contribution in [0.1, 0.15) is 18.2 Å². The standard InChI is InChI=1S/C17H21F3N4O/c1-11(25)22-15-9-13(17(18,19)20)8-12-4-5-14(23-16(12)15)10-21-6-7-24(2)3/h4-5,8-9,21H,6-7,10H2,1-3H3,(H,22,25). The third-order valence-electron chi connectivity index (χ3n) is 3.53. The molecule has 25 heavy (non-hydrogen) atoms. The number of hydrogen-bond donors (Lipinski definition) is 2. The number of likely N-dealkylation sites (N-methyl/N-ethyl adjacent to an activating group) is 1. The number of alkyl halides is 3. The molecule has 0 fully saturated rings. The monoisotopic (exact) mass is 354 g/mol. The van der Waals surface area contributed by atoms with E-state index >= 15 is 0 Å². The van der Waals surface area contributed by atoms with Crippen LogP contribution in [0, 0.1) is 0 Å². The third kappa shape index (κ3) is 5.40. The number of halogens is 3. The number of anilines is 1. The summed E-state index contributed by atoms with van der Waals surface area (Å²) >= 11 is 0. The van der Waals surface area contributed by atoms with Gasteiger partial charge in [0.05, 0.1) is 22.5 Å². The lowest BCUT2D eigenvalue weighted by Gasteiger charge is -2.14. The molecular weight excluding hydrogens is 333 g/mol. The fourth-order valence-corrected chi connectivity index (χ4v) is 2.34. The quantitative estimate of drug-likeness (QED) is 0.784. The Balaban J connectivity index is 2.33. The van der Waals surface area contributed by atoms with Gasteiger partial charge in [0.25, 0.3) is 0 Å². The summed E-state index contributed by atoms with van der Waals surface area (Å²) in [6.07, 6.45) is -4.49. The second-order valence-corrected chi connectivity index (χ2v) is 6.06. The van der Waals surface area contributed by atoms with E-state index in [0.717, 1.165) is 25.2 Å². The molecule has 1 aromatic heterocycles. The maximum Gasteiger partial charge on any atom is 0.416 e. The van der Waals surface area contributed by atoms with Crippen molar-refractivity contribution in [1.82, 2.24) is 15.2 Å². The molecule has 0 saturated carbocycles. The Hall–Kier alpha value is -2.19. The van der Waals surface area contributed by atoms with E-state index in [4.69, 9.17) is 0 Å². The Morgan fingerprint density at radius 1 is 1.24 bits per heavy atom. The van der Waals surface area contributed by atoms with Crippen molar-refractivity contribution in [3.8, 4) is 0 Å². The summed E-state index contributed by atoms with van der Waals surface area (Å²) in [6.45, 7) is 3.36. The van der Waals surface area contributed by atoms with Crippen LogP contribution in [0.25, 0.3) is 10.9 Å². The first-order valence-corrected chi connectivity index (χ1v) is 7.80. The molecule has 0 spiro atoms.